The fraction of sp³-hybridized carbons (Fsp3) is 0.316. The summed E-state index contributed by atoms with van der Waals surface area (Å²) in [5, 5.41) is 3.50. The van der Waals surface area contributed by atoms with Gasteiger partial charge in [-0.15, -0.1) is 0 Å². The molecule has 0 aromatic heterocycles. The molecule has 0 saturated heterocycles. The summed E-state index contributed by atoms with van der Waals surface area (Å²) in [4.78, 5) is 12.5. The van der Waals surface area contributed by atoms with Gasteiger partial charge >= 0.3 is 0 Å². The predicted octanol–water partition coefficient (Wildman–Crippen LogP) is 3.16. The van der Waals surface area contributed by atoms with Gasteiger partial charge in [0.25, 0.3) is 5.91 Å². The van der Waals surface area contributed by atoms with Crippen molar-refractivity contribution >= 4 is 17.5 Å². The van der Waals surface area contributed by atoms with Crippen LogP contribution in [0.1, 0.15) is 12.5 Å². The second-order valence-electron chi connectivity index (χ2n) is 6.03. The van der Waals surface area contributed by atoms with E-state index >= 15 is 0 Å². The van der Waals surface area contributed by atoms with Crippen LogP contribution in [0.25, 0.3) is 0 Å². The molecule has 3 rings (SSSR count). The van der Waals surface area contributed by atoms with Crippen LogP contribution in [0.5, 0.6) is 11.5 Å². The Kier molecular flexibility index (Phi) is 5.16. The standard InChI is InChI=1S/C19H20ClNO4/c1-19(23-2,13-6-5-7-14(20)10-13)12-21-18(22)17-11-24-15-8-3-4-9-16(15)25-17/h3-10,17H,11-12H2,1-2H3,(H,21,22)/t17-,19+/m1/s1. The highest BCUT2D eigenvalue weighted by Gasteiger charge is 2.31. The Morgan fingerprint density at radius 2 is 2.04 bits per heavy atom. The number of carbonyl (C=O) groups is 1. The number of amides is 1. The lowest BCUT2D eigenvalue weighted by Gasteiger charge is -2.31. The summed E-state index contributed by atoms with van der Waals surface area (Å²) in [6.45, 7) is 2.35. The summed E-state index contributed by atoms with van der Waals surface area (Å²) in [7, 11) is 1.60. The summed E-state index contributed by atoms with van der Waals surface area (Å²) in [5.74, 6) is 0.963. The Bertz CT molecular complexity index is 767. The van der Waals surface area contributed by atoms with Gasteiger partial charge < -0.3 is 19.5 Å². The molecule has 1 heterocycles. The zero-order chi connectivity index (χ0) is 17.9. The molecule has 1 N–H and O–H groups in total. The van der Waals surface area contributed by atoms with E-state index in [4.69, 9.17) is 25.8 Å². The third kappa shape index (κ3) is 3.89. The van der Waals surface area contributed by atoms with E-state index < -0.39 is 11.7 Å². The molecule has 0 unspecified atom stereocenters. The molecule has 0 saturated carbocycles. The maximum Gasteiger partial charge on any atom is 0.264 e. The number of halogens is 1. The first-order chi connectivity index (χ1) is 12.0. The fourth-order valence-corrected chi connectivity index (χ4v) is 2.82. The van der Waals surface area contributed by atoms with Gasteiger partial charge in [-0.05, 0) is 36.8 Å². The lowest BCUT2D eigenvalue weighted by Crippen LogP contribution is -2.48. The summed E-state index contributed by atoms with van der Waals surface area (Å²) >= 11 is 6.06. The van der Waals surface area contributed by atoms with Crippen LogP contribution in [0, 0.1) is 0 Å². The maximum atomic E-state index is 12.5. The van der Waals surface area contributed by atoms with Crippen LogP contribution in [0.15, 0.2) is 48.5 Å². The molecule has 1 amide bonds. The number of fused-ring (bicyclic) bond motifs is 1. The van der Waals surface area contributed by atoms with Crippen LogP contribution in [-0.4, -0.2) is 32.3 Å². The lowest BCUT2D eigenvalue weighted by atomic mass is 9.95. The normalized spacial score (nSPS) is 18.3. The van der Waals surface area contributed by atoms with Gasteiger partial charge in [0.15, 0.2) is 11.5 Å². The van der Waals surface area contributed by atoms with Gasteiger partial charge in [0.05, 0.1) is 6.54 Å². The Labute approximate surface area is 151 Å². The highest BCUT2D eigenvalue weighted by Crippen LogP contribution is 2.31. The quantitative estimate of drug-likeness (QED) is 0.888. The van der Waals surface area contributed by atoms with Crippen molar-refractivity contribution in [2.75, 3.05) is 20.3 Å². The van der Waals surface area contributed by atoms with E-state index in [1.54, 1.807) is 19.2 Å². The van der Waals surface area contributed by atoms with E-state index in [2.05, 4.69) is 5.32 Å². The molecule has 0 spiro atoms. The smallest absolute Gasteiger partial charge is 0.264 e. The molecule has 2 aromatic carbocycles. The molecule has 1 aliphatic heterocycles. The molecule has 5 nitrogen and oxygen atoms in total. The molecule has 2 atom stereocenters. The third-order valence-electron chi connectivity index (χ3n) is 4.29. The molecule has 0 aliphatic carbocycles. The molecule has 0 bridgehead atoms. The molecule has 1 aliphatic rings. The second-order valence-corrected chi connectivity index (χ2v) is 6.46. The maximum absolute atomic E-state index is 12.5. The van der Waals surface area contributed by atoms with Crippen LogP contribution in [0.4, 0.5) is 0 Å². The molecule has 132 valence electrons. The summed E-state index contributed by atoms with van der Waals surface area (Å²) in [6.07, 6.45) is -0.699. The number of hydrogen-bond acceptors (Lipinski definition) is 4. The molecule has 2 aromatic rings. The second kappa shape index (κ2) is 7.33. The highest BCUT2D eigenvalue weighted by molar-refractivity contribution is 6.30. The van der Waals surface area contributed by atoms with E-state index in [9.17, 15) is 4.79 Å². The minimum Gasteiger partial charge on any atom is -0.485 e. The van der Waals surface area contributed by atoms with E-state index in [1.807, 2.05) is 43.3 Å². The van der Waals surface area contributed by atoms with Crippen LogP contribution < -0.4 is 14.8 Å². The SMILES string of the molecule is CO[C@@](C)(CNC(=O)[C@H]1COc2ccccc2O1)c1cccc(Cl)c1. The third-order valence-corrected chi connectivity index (χ3v) is 4.52. The van der Waals surface area contributed by atoms with Gasteiger partial charge in [0.2, 0.25) is 6.10 Å². The van der Waals surface area contributed by atoms with Crippen LogP contribution >= 0.6 is 11.6 Å². The first kappa shape index (κ1) is 17.6. The number of hydrogen-bond donors (Lipinski definition) is 1. The molecular weight excluding hydrogens is 342 g/mol. The Morgan fingerprint density at radius 1 is 1.28 bits per heavy atom. The van der Waals surface area contributed by atoms with Gasteiger partial charge in [-0.25, -0.2) is 0 Å². The van der Waals surface area contributed by atoms with Gasteiger partial charge in [0.1, 0.15) is 12.2 Å². The minimum atomic E-state index is -0.700. The number of methoxy groups -OCH3 is 1. The van der Waals surface area contributed by atoms with E-state index in [1.165, 1.54) is 0 Å². The number of rotatable bonds is 5. The number of nitrogens with one attached hydrogen (secondary N) is 1. The lowest BCUT2D eigenvalue weighted by molar-refractivity contribution is -0.131. The zero-order valence-electron chi connectivity index (χ0n) is 14.1. The fourth-order valence-electron chi connectivity index (χ4n) is 2.63. The summed E-state index contributed by atoms with van der Waals surface area (Å²) in [5.41, 5.74) is 0.183. The Morgan fingerprint density at radius 3 is 2.76 bits per heavy atom. The van der Waals surface area contributed by atoms with E-state index in [0.717, 1.165) is 5.56 Å². The average Bonchev–Trinajstić information content (AvgIpc) is 2.65. The van der Waals surface area contributed by atoms with Crippen molar-refractivity contribution in [1.82, 2.24) is 5.32 Å². The largest absolute Gasteiger partial charge is 0.485 e. The average molecular weight is 362 g/mol. The Balaban J connectivity index is 1.65. The summed E-state index contributed by atoms with van der Waals surface area (Å²) < 4.78 is 16.9. The van der Waals surface area contributed by atoms with Crippen LogP contribution in [0.2, 0.25) is 5.02 Å². The van der Waals surface area contributed by atoms with Gasteiger partial charge in [-0.1, -0.05) is 35.9 Å². The highest BCUT2D eigenvalue weighted by atomic mass is 35.5. The number of benzene rings is 2. The number of para-hydroxylation sites is 2. The first-order valence-electron chi connectivity index (χ1n) is 7.99. The van der Waals surface area contributed by atoms with E-state index in [-0.39, 0.29) is 19.1 Å². The van der Waals surface area contributed by atoms with Crippen LogP contribution in [0.3, 0.4) is 0 Å². The van der Waals surface area contributed by atoms with E-state index in [0.29, 0.717) is 16.5 Å². The van der Waals surface area contributed by atoms with Crippen molar-refractivity contribution in [3.05, 3.63) is 59.1 Å². The number of carbonyl (C=O) groups excluding carboxylic acids is 1. The van der Waals surface area contributed by atoms with Gasteiger partial charge in [-0.3, -0.25) is 4.79 Å². The number of ether oxygens (including phenoxy) is 3. The van der Waals surface area contributed by atoms with Crippen molar-refractivity contribution in [2.24, 2.45) is 0 Å². The van der Waals surface area contributed by atoms with Crippen molar-refractivity contribution in [3.8, 4) is 11.5 Å². The van der Waals surface area contributed by atoms with Crippen LogP contribution in [-0.2, 0) is 15.1 Å². The Hall–Kier alpha value is -2.24. The van der Waals surface area contributed by atoms with Gasteiger partial charge in [-0.2, -0.15) is 0 Å². The molecule has 25 heavy (non-hydrogen) atoms. The molecule has 0 fully saturated rings. The minimum absolute atomic E-state index is 0.170. The van der Waals surface area contributed by atoms with Crippen molar-refractivity contribution in [3.63, 3.8) is 0 Å². The van der Waals surface area contributed by atoms with Gasteiger partial charge in [0, 0.05) is 12.1 Å². The zero-order valence-corrected chi connectivity index (χ0v) is 14.9. The molecule has 0 radical (unpaired) electrons. The predicted molar refractivity (Wildman–Crippen MR) is 95.2 cm³/mol. The summed E-state index contributed by atoms with van der Waals surface area (Å²) in [6, 6.07) is 14.7. The monoisotopic (exact) mass is 361 g/mol. The first-order valence-corrected chi connectivity index (χ1v) is 8.37. The van der Waals surface area contributed by atoms with Crippen molar-refractivity contribution in [1.29, 1.82) is 0 Å². The van der Waals surface area contributed by atoms with Crippen molar-refractivity contribution in [2.45, 2.75) is 18.6 Å². The molecular formula is C19H20ClNO4. The topological polar surface area (TPSA) is 56.8 Å². The van der Waals surface area contributed by atoms with Crippen molar-refractivity contribution < 1.29 is 19.0 Å². The molecule has 6 heteroatoms.